The Hall–Kier alpha value is -1.56. The second-order valence-electron chi connectivity index (χ2n) is 4.81. The van der Waals surface area contributed by atoms with Gasteiger partial charge in [-0.1, -0.05) is 13.8 Å². The second-order valence-corrected chi connectivity index (χ2v) is 5.66. The maximum Gasteiger partial charge on any atom is 0.340 e. The van der Waals surface area contributed by atoms with Crippen molar-refractivity contribution in [3.8, 4) is 0 Å². The number of nitrogens with one attached hydrogen (secondary N) is 1. The molecule has 1 rings (SSSR count). The summed E-state index contributed by atoms with van der Waals surface area (Å²) in [6.07, 6.45) is 0.819. The van der Waals surface area contributed by atoms with Crippen LogP contribution in [0.5, 0.6) is 0 Å². The summed E-state index contributed by atoms with van der Waals surface area (Å²) in [4.78, 5) is 24.0. The number of hydrogen-bond donors (Lipinski definition) is 2. The van der Waals surface area contributed by atoms with Crippen LogP contribution in [-0.4, -0.2) is 24.0 Å². The Morgan fingerprint density at radius 2 is 1.95 bits per heavy atom. The molecule has 0 aromatic heterocycles. The van der Waals surface area contributed by atoms with Crippen molar-refractivity contribution in [2.75, 3.05) is 5.73 Å². The Morgan fingerprint density at radius 3 is 2.52 bits per heavy atom. The van der Waals surface area contributed by atoms with Crippen LogP contribution in [0.2, 0.25) is 0 Å². The van der Waals surface area contributed by atoms with Crippen molar-refractivity contribution < 1.29 is 14.3 Å². The van der Waals surface area contributed by atoms with Crippen LogP contribution in [-0.2, 0) is 9.53 Å². The number of hydrogen-bond acceptors (Lipinski definition) is 4. The molecule has 0 fully saturated rings. The zero-order valence-electron chi connectivity index (χ0n) is 12.5. The summed E-state index contributed by atoms with van der Waals surface area (Å²) in [5.41, 5.74) is 6.41. The zero-order valence-corrected chi connectivity index (χ0v) is 14.1. The van der Waals surface area contributed by atoms with Crippen molar-refractivity contribution in [1.82, 2.24) is 5.32 Å². The van der Waals surface area contributed by atoms with E-state index in [9.17, 15) is 9.59 Å². The number of benzene rings is 1. The first-order valence-electron chi connectivity index (χ1n) is 6.95. The molecule has 1 aromatic carbocycles. The maximum atomic E-state index is 12.1. The van der Waals surface area contributed by atoms with Crippen LogP contribution in [0.1, 0.15) is 44.0 Å². The number of nitrogens with two attached hydrogens (primary N) is 1. The molecule has 1 aromatic rings. The highest BCUT2D eigenvalue weighted by molar-refractivity contribution is 9.10. The van der Waals surface area contributed by atoms with Crippen LogP contribution in [0.15, 0.2) is 22.7 Å². The van der Waals surface area contributed by atoms with Crippen molar-refractivity contribution >= 4 is 33.5 Å². The molecule has 1 atom stereocenters. The van der Waals surface area contributed by atoms with Gasteiger partial charge in [-0.15, -0.1) is 0 Å². The minimum absolute atomic E-state index is 0.0951. The standard InChI is InChI=1S/C15H21BrN2O3/c1-4-11(5-2)18-14(19)9(3)21-15(20)12-8-10(17)6-7-13(12)16/h6-9,11H,4-5,17H2,1-3H3,(H,18,19). The van der Waals surface area contributed by atoms with Gasteiger partial charge < -0.3 is 15.8 Å². The van der Waals surface area contributed by atoms with E-state index in [2.05, 4.69) is 21.2 Å². The van der Waals surface area contributed by atoms with Gasteiger partial charge in [-0.25, -0.2) is 4.79 Å². The number of ether oxygens (including phenoxy) is 1. The first kappa shape index (κ1) is 17.5. The molecule has 1 unspecified atom stereocenters. The minimum Gasteiger partial charge on any atom is -0.449 e. The van der Waals surface area contributed by atoms with E-state index in [1.807, 2.05) is 13.8 Å². The molecule has 0 spiro atoms. The van der Waals surface area contributed by atoms with Gasteiger partial charge in [-0.05, 0) is 53.9 Å². The Morgan fingerprint density at radius 1 is 1.33 bits per heavy atom. The predicted octanol–water partition coefficient (Wildman–Crippen LogP) is 2.88. The van der Waals surface area contributed by atoms with Crippen LogP contribution in [0, 0.1) is 0 Å². The van der Waals surface area contributed by atoms with Gasteiger partial charge in [0.2, 0.25) is 0 Å². The fourth-order valence-corrected chi connectivity index (χ4v) is 2.20. The van der Waals surface area contributed by atoms with E-state index in [0.717, 1.165) is 12.8 Å². The fourth-order valence-electron chi connectivity index (χ4n) is 1.79. The van der Waals surface area contributed by atoms with Crippen LogP contribution in [0.4, 0.5) is 5.69 Å². The van der Waals surface area contributed by atoms with E-state index >= 15 is 0 Å². The summed E-state index contributed by atoms with van der Waals surface area (Å²) >= 11 is 3.26. The van der Waals surface area contributed by atoms with Gasteiger partial charge >= 0.3 is 5.97 Å². The number of esters is 1. The lowest BCUT2D eigenvalue weighted by atomic mass is 10.1. The Kier molecular flexibility index (Phi) is 6.68. The fraction of sp³-hybridized carbons (Fsp3) is 0.467. The van der Waals surface area contributed by atoms with Gasteiger partial charge in [0.05, 0.1) is 5.56 Å². The minimum atomic E-state index is -0.855. The van der Waals surface area contributed by atoms with Crippen molar-refractivity contribution in [2.24, 2.45) is 0 Å². The summed E-state index contributed by atoms with van der Waals surface area (Å²) in [6, 6.07) is 4.95. The molecule has 0 bridgehead atoms. The van der Waals surface area contributed by atoms with Crippen molar-refractivity contribution in [3.05, 3.63) is 28.2 Å². The smallest absolute Gasteiger partial charge is 0.340 e. The monoisotopic (exact) mass is 356 g/mol. The van der Waals surface area contributed by atoms with E-state index in [1.54, 1.807) is 19.1 Å². The third kappa shape index (κ3) is 5.04. The Labute approximate surface area is 133 Å². The molecule has 0 aliphatic rings. The molecule has 5 nitrogen and oxygen atoms in total. The van der Waals surface area contributed by atoms with Crippen molar-refractivity contribution in [2.45, 2.75) is 45.8 Å². The molecule has 6 heteroatoms. The summed E-state index contributed by atoms with van der Waals surface area (Å²) in [5, 5.41) is 2.85. The largest absolute Gasteiger partial charge is 0.449 e. The number of nitrogen functional groups attached to an aromatic ring is 1. The number of halogens is 1. The first-order chi connectivity index (χ1) is 9.88. The van der Waals surface area contributed by atoms with E-state index < -0.39 is 12.1 Å². The molecule has 116 valence electrons. The van der Waals surface area contributed by atoms with Gasteiger partial charge in [0.25, 0.3) is 5.91 Å². The zero-order chi connectivity index (χ0) is 16.0. The lowest BCUT2D eigenvalue weighted by Crippen LogP contribution is -2.41. The average molecular weight is 357 g/mol. The van der Waals surface area contributed by atoms with Crippen LogP contribution < -0.4 is 11.1 Å². The summed E-state index contributed by atoms with van der Waals surface area (Å²) in [6.45, 7) is 5.54. The molecule has 0 heterocycles. The molecule has 3 N–H and O–H groups in total. The number of rotatable bonds is 6. The highest BCUT2D eigenvalue weighted by atomic mass is 79.9. The van der Waals surface area contributed by atoms with Gasteiger partial charge in [0.15, 0.2) is 6.10 Å². The quantitative estimate of drug-likeness (QED) is 0.606. The molecule has 0 aliphatic carbocycles. The van der Waals surface area contributed by atoms with Gasteiger partial charge in [-0.3, -0.25) is 4.79 Å². The highest BCUT2D eigenvalue weighted by Gasteiger charge is 2.21. The number of carbonyl (C=O) groups excluding carboxylic acids is 2. The maximum absolute atomic E-state index is 12.1. The van der Waals surface area contributed by atoms with E-state index in [4.69, 9.17) is 10.5 Å². The van der Waals surface area contributed by atoms with Crippen LogP contribution >= 0.6 is 15.9 Å². The lowest BCUT2D eigenvalue weighted by molar-refractivity contribution is -0.129. The third-order valence-corrected chi connectivity index (χ3v) is 3.89. The van der Waals surface area contributed by atoms with E-state index in [1.165, 1.54) is 6.07 Å². The highest BCUT2D eigenvalue weighted by Crippen LogP contribution is 2.21. The SMILES string of the molecule is CCC(CC)NC(=O)C(C)OC(=O)c1cc(N)ccc1Br. The number of amides is 1. The normalized spacial score (nSPS) is 12.0. The molecule has 0 aliphatic heterocycles. The molecule has 1 amide bonds. The van der Waals surface area contributed by atoms with Crippen LogP contribution in [0.25, 0.3) is 0 Å². The van der Waals surface area contributed by atoms with Gasteiger partial charge in [0.1, 0.15) is 0 Å². The molecule has 0 saturated heterocycles. The topological polar surface area (TPSA) is 81.4 Å². The Bertz CT molecular complexity index is 516. The van der Waals surface area contributed by atoms with Gasteiger partial charge in [0, 0.05) is 16.2 Å². The summed E-state index contributed by atoms with van der Waals surface area (Å²) in [7, 11) is 0. The lowest BCUT2D eigenvalue weighted by Gasteiger charge is -2.19. The predicted molar refractivity (Wildman–Crippen MR) is 85.9 cm³/mol. The number of anilines is 1. The van der Waals surface area contributed by atoms with Crippen LogP contribution in [0.3, 0.4) is 0 Å². The van der Waals surface area contributed by atoms with Crippen molar-refractivity contribution in [1.29, 1.82) is 0 Å². The average Bonchev–Trinajstić information content (AvgIpc) is 2.46. The third-order valence-electron chi connectivity index (χ3n) is 3.20. The molecule has 0 saturated carbocycles. The van der Waals surface area contributed by atoms with Gasteiger partial charge in [-0.2, -0.15) is 0 Å². The molecular formula is C15H21BrN2O3. The summed E-state index contributed by atoms with van der Waals surface area (Å²) < 4.78 is 5.77. The molecule has 0 radical (unpaired) electrons. The van der Waals surface area contributed by atoms with Crippen molar-refractivity contribution in [3.63, 3.8) is 0 Å². The summed E-state index contributed by atoms with van der Waals surface area (Å²) in [5.74, 6) is -0.876. The molecule has 21 heavy (non-hydrogen) atoms. The second kappa shape index (κ2) is 8.02. The Balaban J connectivity index is 2.69. The molecular weight excluding hydrogens is 336 g/mol. The van der Waals surface area contributed by atoms with E-state index in [0.29, 0.717) is 15.7 Å². The first-order valence-corrected chi connectivity index (χ1v) is 7.74. The van der Waals surface area contributed by atoms with E-state index in [-0.39, 0.29) is 11.9 Å². The number of carbonyl (C=O) groups is 2.